The number of anilines is 2. The molecule has 2 atom stereocenters. The van der Waals surface area contributed by atoms with Gasteiger partial charge in [-0.05, 0) is 12.3 Å². The number of amides is 1. The molecular weight excluding hydrogens is 262 g/mol. The zero-order chi connectivity index (χ0) is 14.3. The van der Waals surface area contributed by atoms with Crippen molar-refractivity contribution < 1.29 is 9.59 Å². The van der Waals surface area contributed by atoms with E-state index in [0.29, 0.717) is 21.8 Å². The predicted octanol–water partition coefficient (Wildman–Crippen LogP) is 2.09. The summed E-state index contributed by atoms with van der Waals surface area (Å²) < 4.78 is 0. The van der Waals surface area contributed by atoms with Crippen LogP contribution in [0.1, 0.15) is 47.2 Å². The van der Waals surface area contributed by atoms with Crippen LogP contribution in [0.2, 0.25) is 0 Å². The highest BCUT2D eigenvalue weighted by Crippen LogP contribution is 2.41. The highest BCUT2D eigenvalue weighted by Gasteiger charge is 2.35. The molecule has 0 spiro atoms. The standard InChI is InChI=1S/C13H19N3O2S/c1-5(2)10(17)11-9(14)8(12(15)18)13(19-11)16-7-4-6(7)3/h5-7,16H,4,14H2,1-3H3,(H2,15,18). The van der Waals surface area contributed by atoms with Crippen molar-refractivity contribution in [3.8, 4) is 0 Å². The highest BCUT2D eigenvalue weighted by molar-refractivity contribution is 7.19. The molecule has 1 aliphatic rings. The normalized spacial score (nSPS) is 21.5. The number of nitrogens with one attached hydrogen (secondary N) is 1. The summed E-state index contributed by atoms with van der Waals surface area (Å²) in [6, 6.07) is 0.346. The van der Waals surface area contributed by atoms with Crippen molar-refractivity contribution in [2.75, 3.05) is 11.1 Å². The van der Waals surface area contributed by atoms with Crippen LogP contribution >= 0.6 is 11.3 Å². The Hall–Kier alpha value is -1.56. The van der Waals surface area contributed by atoms with Gasteiger partial charge < -0.3 is 16.8 Å². The molecule has 5 N–H and O–H groups in total. The Morgan fingerprint density at radius 1 is 1.42 bits per heavy atom. The van der Waals surface area contributed by atoms with E-state index in [2.05, 4.69) is 12.2 Å². The minimum Gasteiger partial charge on any atom is -0.397 e. The van der Waals surface area contributed by atoms with Crippen molar-refractivity contribution >= 4 is 33.7 Å². The fourth-order valence-corrected chi connectivity index (χ4v) is 3.20. The number of nitrogen functional groups attached to an aromatic ring is 1. The topological polar surface area (TPSA) is 98.2 Å². The van der Waals surface area contributed by atoms with E-state index >= 15 is 0 Å². The summed E-state index contributed by atoms with van der Waals surface area (Å²) in [6.45, 7) is 5.74. The van der Waals surface area contributed by atoms with Crippen molar-refractivity contribution in [2.45, 2.75) is 33.2 Å². The van der Waals surface area contributed by atoms with Gasteiger partial charge in [0.15, 0.2) is 5.78 Å². The molecular formula is C13H19N3O2S. The average molecular weight is 281 g/mol. The number of carbonyl (C=O) groups excluding carboxylic acids is 2. The lowest BCUT2D eigenvalue weighted by Gasteiger charge is -2.04. The van der Waals surface area contributed by atoms with Gasteiger partial charge >= 0.3 is 0 Å². The summed E-state index contributed by atoms with van der Waals surface area (Å²) in [5.41, 5.74) is 11.8. The minimum absolute atomic E-state index is 0.0538. The lowest BCUT2D eigenvalue weighted by molar-refractivity contribution is 0.0944. The molecule has 0 saturated heterocycles. The molecule has 1 fully saturated rings. The second-order valence-corrected chi connectivity index (χ2v) is 6.42. The van der Waals surface area contributed by atoms with Gasteiger partial charge in [0.1, 0.15) is 5.00 Å². The lowest BCUT2D eigenvalue weighted by atomic mass is 10.1. The van der Waals surface area contributed by atoms with Crippen LogP contribution in [0.5, 0.6) is 0 Å². The molecule has 1 aromatic rings. The third-order valence-electron chi connectivity index (χ3n) is 3.37. The Morgan fingerprint density at radius 2 is 2.00 bits per heavy atom. The number of Topliss-reactive ketones (excluding diaryl/α,β-unsaturated/α-hetero) is 1. The molecule has 5 nitrogen and oxygen atoms in total. The quantitative estimate of drug-likeness (QED) is 0.720. The van der Waals surface area contributed by atoms with E-state index in [1.165, 1.54) is 11.3 Å². The summed E-state index contributed by atoms with van der Waals surface area (Å²) >= 11 is 1.23. The summed E-state index contributed by atoms with van der Waals surface area (Å²) in [4.78, 5) is 24.0. The first-order valence-electron chi connectivity index (χ1n) is 6.35. The largest absolute Gasteiger partial charge is 0.397 e. The molecule has 1 amide bonds. The third-order valence-corrected chi connectivity index (χ3v) is 4.52. The highest BCUT2D eigenvalue weighted by atomic mass is 32.1. The van der Waals surface area contributed by atoms with Gasteiger partial charge in [-0.2, -0.15) is 0 Å². The molecule has 1 saturated carbocycles. The first-order chi connectivity index (χ1) is 8.82. The molecule has 0 radical (unpaired) electrons. The van der Waals surface area contributed by atoms with E-state index < -0.39 is 5.91 Å². The molecule has 2 unspecified atom stereocenters. The molecule has 0 aromatic carbocycles. The average Bonchev–Trinajstić information content (AvgIpc) is 2.88. The zero-order valence-electron chi connectivity index (χ0n) is 11.3. The molecule has 104 valence electrons. The van der Waals surface area contributed by atoms with Crippen LogP contribution in [0.4, 0.5) is 10.7 Å². The maximum Gasteiger partial charge on any atom is 0.253 e. The van der Waals surface area contributed by atoms with Gasteiger partial charge in [0, 0.05) is 12.0 Å². The van der Waals surface area contributed by atoms with Crippen molar-refractivity contribution in [3.05, 3.63) is 10.4 Å². The Labute approximate surface area is 116 Å². The number of ketones is 1. The number of primary amides is 1. The van der Waals surface area contributed by atoms with E-state index in [4.69, 9.17) is 11.5 Å². The van der Waals surface area contributed by atoms with Crippen LogP contribution in [0.15, 0.2) is 0 Å². The fraction of sp³-hybridized carbons (Fsp3) is 0.538. The Balaban J connectivity index is 2.38. The smallest absolute Gasteiger partial charge is 0.253 e. The van der Waals surface area contributed by atoms with E-state index in [-0.39, 0.29) is 23.0 Å². The molecule has 1 heterocycles. The van der Waals surface area contributed by atoms with Crippen LogP contribution in [-0.2, 0) is 0 Å². The zero-order valence-corrected chi connectivity index (χ0v) is 12.1. The first-order valence-corrected chi connectivity index (χ1v) is 7.17. The number of carbonyl (C=O) groups is 2. The van der Waals surface area contributed by atoms with Crippen molar-refractivity contribution in [1.82, 2.24) is 0 Å². The second kappa shape index (κ2) is 4.85. The van der Waals surface area contributed by atoms with Crippen LogP contribution in [0, 0.1) is 11.8 Å². The van der Waals surface area contributed by atoms with E-state index in [0.717, 1.165) is 6.42 Å². The Bertz CT molecular complexity index is 536. The van der Waals surface area contributed by atoms with Crippen molar-refractivity contribution in [3.63, 3.8) is 0 Å². The fourth-order valence-electron chi connectivity index (χ4n) is 1.93. The molecule has 19 heavy (non-hydrogen) atoms. The van der Waals surface area contributed by atoms with Crippen molar-refractivity contribution in [1.29, 1.82) is 0 Å². The molecule has 1 aliphatic carbocycles. The molecule has 0 bridgehead atoms. The predicted molar refractivity (Wildman–Crippen MR) is 77.6 cm³/mol. The van der Waals surface area contributed by atoms with Gasteiger partial charge in [-0.15, -0.1) is 11.3 Å². The van der Waals surface area contributed by atoms with Crippen LogP contribution in [0.3, 0.4) is 0 Å². The third kappa shape index (κ3) is 2.58. The summed E-state index contributed by atoms with van der Waals surface area (Å²) in [5, 5.41) is 3.88. The maximum atomic E-state index is 12.1. The van der Waals surface area contributed by atoms with E-state index in [1.807, 2.05) is 13.8 Å². The number of thiophene rings is 1. The van der Waals surface area contributed by atoms with Gasteiger partial charge in [-0.3, -0.25) is 9.59 Å². The summed E-state index contributed by atoms with van der Waals surface area (Å²) in [6.07, 6.45) is 1.06. The second-order valence-electron chi connectivity index (χ2n) is 5.40. The van der Waals surface area contributed by atoms with Gasteiger partial charge in [-0.1, -0.05) is 20.8 Å². The van der Waals surface area contributed by atoms with Gasteiger partial charge in [0.05, 0.1) is 16.1 Å². The minimum atomic E-state index is -0.590. The molecule has 0 aliphatic heterocycles. The molecule has 1 aromatic heterocycles. The number of rotatable bonds is 5. The van der Waals surface area contributed by atoms with Crippen LogP contribution in [-0.4, -0.2) is 17.7 Å². The van der Waals surface area contributed by atoms with Crippen LogP contribution < -0.4 is 16.8 Å². The lowest BCUT2D eigenvalue weighted by Crippen LogP contribution is -2.16. The maximum absolute atomic E-state index is 12.1. The molecule has 2 rings (SSSR count). The number of nitrogens with two attached hydrogens (primary N) is 2. The summed E-state index contributed by atoms with van der Waals surface area (Å²) in [5.74, 6) is -0.225. The van der Waals surface area contributed by atoms with E-state index in [1.54, 1.807) is 0 Å². The van der Waals surface area contributed by atoms with Crippen LogP contribution in [0.25, 0.3) is 0 Å². The summed E-state index contributed by atoms with van der Waals surface area (Å²) in [7, 11) is 0. The number of hydrogen-bond donors (Lipinski definition) is 3. The monoisotopic (exact) mass is 281 g/mol. The van der Waals surface area contributed by atoms with Gasteiger partial charge in [0.2, 0.25) is 0 Å². The Kier molecular flexibility index (Phi) is 3.54. The number of hydrogen-bond acceptors (Lipinski definition) is 5. The van der Waals surface area contributed by atoms with Gasteiger partial charge in [0.25, 0.3) is 5.91 Å². The van der Waals surface area contributed by atoms with E-state index in [9.17, 15) is 9.59 Å². The van der Waals surface area contributed by atoms with Gasteiger partial charge in [-0.25, -0.2) is 0 Å². The first kappa shape index (κ1) is 13.9. The SMILES string of the molecule is CC(C)C(=O)c1sc(NC2CC2C)c(C(N)=O)c1N. The Morgan fingerprint density at radius 3 is 2.42 bits per heavy atom. The molecule has 6 heteroatoms. The van der Waals surface area contributed by atoms with Crippen molar-refractivity contribution in [2.24, 2.45) is 17.6 Å².